The van der Waals surface area contributed by atoms with Crippen LogP contribution in [0.4, 0.5) is 0 Å². The minimum atomic E-state index is -0.0819. The molecule has 1 N–H and O–H groups in total. The van der Waals surface area contributed by atoms with Gasteiger partial charge in [0.25, 0.3) is 0 Å². The fourth-order valence-electron chi connectivity index (χ4n) is 1.18. The Morgan fingerprint density at radius 1 is 1.36 bits per heavy atom. The minimum Gasteiger partial charge on any atom is -0.508 e. The molecule has 3 nitrogen and oxygen atoms in total. The number of aromatic hydroxyl groups is 1. The van der Waals surface area contributed by atoms with Crippen molar-refractivity contribution >= 4 is 5.78 Å². The van der Waals surface area contributed by atoms with Gasteiger partial charge in [0.15, 0.2) is 5.78 Å². The van der Waals surface area contributed by atoms with E-state index in [9.17, 15) is 9.90 Å². The highest BCUT2D eigenvalue weighted by molar-refractivity contribution is 5.98. The molecule has 0 atom stereocenters. The number of benzene rings is 1. The van der Waals surface area contributed by atoms with Crippen LogP contribution in [-0.2, 0) is 0 Å². The first kappa shape index (κ1) is 10.6. The van der Waals surface area contributed by atoms with Gasteiger partial charge in [0, 0.05) is 17.5 Å². The summed E-state index contributed by atoms with van der Waals surface area (Å²) in [6.07, 6.45) is 0. The molecule has 0 unspecified atom stereocenters. The van der Waals surface area contributed by atoms with E-state index in [0.29, 0.717) is 11.3 Å². The van der Waals surface area contributed by atoms with E-state index in [-0.39, 0.29) is 17.5 Å². The number of rotatable bonds is 3. The molecule has 0 radical (unpaired) electrons. The second-order valence-corrected chi connectivity index (χ2v) is 3.44. The maximum absolute atomic E-state index is 11.6. The topological polar surface area (TPSA) is 46.5 Å². The fourth-order valence-corrected chi connectivity index (χ4v) is 1.18. The molecule has 0 saturated heterocycles. The minimum absolute atomic E-state index is 0.000741. The number of hydrogen-bond donors (Lipinski definition) is 1. The summed E-state index contributed by atoms with van der Waals surface area (Å²) in [7, 11) is 1.50. The van der Waals surface area contributed by atoms with E-state index in [1.165, 1.54) is 19.2 Å². The molecule has 0 heterocycles. The summed E-state index contributed by atoms with van der Waals surface area (Å²) in [5.41, 5.74) is 0.483. The number of Topliss-reactive ketones (excluding diaryl/α,β-unsaturated/α-hetero) is 1. The third-order valence-electron chi connectivity index (χ3n) is 1.94. The summed E-state index contributed by atoms with van der Waals surface area (Å²) >= 11 is 0. The average Bonchev–Trinajstić information content (AvgIpc) is 2.15. The van der Waals surface area contributed by atoms with Crippen LogP contribution >= 0.6 is 0 Å². The van der Waals surface area contributed by atoms with Gasteiger partial charge in [-0.05, 0) is 12.1 Å². The normalized spacial score (nSPS) is 10.3. The average molecular weight is 194 g/mol. The Morgan fingerprint density at radius 2 is 2.00 bits per heavy atom. The quantitative estimate of drug-likeness (QED) is 0.750. The number of carbonyl (C=O) groups is 1. The van der Waals surface area contributed by atoms with Crippen LogP contribution in [0.1, 0.15) is 24.2 Å². The monoisotopic (exact) mass is 194 g/mol. The largest absolute Gasteiger partial charge is 0.508 e. The van der Waals surface area contributed by atoms with Crippen molar-refractivity contribution in [1.82, 2.24) is 0 Å². The maximum Gasteiger partial charge on any atom is 0.165 e. The highest BCUT2D eigenvalue weighted by Gasteiger charge is 2.12. The van der Waals surface area contributed by atoms with E-state index in [4.69, 9.17) is 4.74 Å². The molecule has 14 heavy (non-hydrogen) atoms. The molecule has 0 fully saturated rings. The van der Waals surface area contributed by atoms with Crippen LogP contribution < -0.4 is 4.74 Å². The van der Waals surface area contributed by atoms with Crippen LogP contribution in [0.2, 0.25) is 0 Å². The standard InChI is InChI=1S/C11H14O3/c1-7(2)11(13)8-4-9(12)6-10(5-8)14-3/h4-7,12H,1-3H3. The lowest BCUT2D eigenvalue weighted by molar-refractivity contribution is 0.0938. The number of carbonyl (C=O) groups excluding carboxylic acids is 1. The number of phenolic OH excluding ortho intramolecular Hbond substituents is 1. The van der Waals surface area contributed by atoms with Crippen LogP contribution in [0.15, 0.2) is 18.2 Å². The first-order chi connectivity index (χ1) is 6.54. The Morgan fingerprint density at radius 3 is 2.50 bits per heavy atom. The van der Waals surface area contributed by atoms with Crippen molar-refractivity contribution in [3.8, 4) is 11.5 Å². The molecule has 1 rings (SSSR count). The van der Waals surface area contributed by atoms with Gasteiger partial charge in [-0.2, -0.15) is 0 Å². The third kappa shape index (κ3) is 2.25. The summed E-state index contributed by atoms with van der Waals surface area (Å²) in [6, 6.07) is 4.55. The Labute approximate surface area is 83.3 Å². The fraction of sp³-hybridized carbons (Fsp3) is 0.364. The predicted octanol–water partition coefficient (Wildman–Crippen LogP) is 2.24. The highest BCUT2D eigenvalue weighted by Crippen LogP contribution is 2.23. The number of hydrogen-bond acceptors (Lipinski definition) is 3. The second-order valence-electron chi connectivity index (χ2n) is 3.44. The van der Waals surface area contributed by atoms with E-state index < -0.39 is 0 Å². The Bertz CT molecular complexity index is 342. The number of ketones is 1. The highest BCUT2D eigenvalue weighted by atomic mass is 16.5. The second kappa shape index (κ2) is 4.13. The van der Waals surface area contributed by atoms with Crippen molar-refractivity contribution in [2.45, 2.75) is 13.8 Å². The van der Waals surface area contributed by atoms with Gasteiger partial charge in [0.2, 0.25) is 0 Å². The molecule has 0 aromatic heterocycles. The van der Waals surface area contributed by atoms with Gasteiger partial charge in [-0.15, -0.1) is 0 Å². The maximum atomic E-state index is 11.6. The number of phenols is 1. The van der Waals surface area contributed by atoms with E-state index in [0.717, 1.165) is 0 Å². The lowest BCUT2D eigenvalue weighted by Crippen LogP contribution is -2.07. The number of methoxy groups -OCH3 is 1. The van der Waals surface area contributed by atoms with Gasteiger partial charge in [-0.3, -0.25) is 4.79 Å². The van der Waals surface area contributed by atoms with Gasteiger partial charge in [0.05, 0.1) is 7.11 Å². The number of ether oxygens (including phenoxy) is 1. The molecule has 76 valence electrons. The van der Waals surface area contributed by atoms with Crippen LogP contribution in [0.3, 0.4) is 0 Å². The third-order valence-corrected chi connectivity index (χ3v) is 1.94. The van der Waals surface area contributed by atoms with Crippen LogP contribution in [0.25, 0.3) is 0 Å². The summed E-state index contributed by atoms with van der Waals surface area (Å²) in [5, 5.41) is 9.32. The van der Waals surface area contributed by atoms with Crippen molar-refractivity contribution in [1.29, 1.82) is 0 Å². The van der Waals surface area contributed by atoms with Gasteiger partial charge in [-0.25, -0.2) is 0 Å². The van der Waals surface area contributed by atoms with Gasteiger partial charge >= 0.3 is 0 Å². The molecule has 0 aliphatic heterocycles. The Balaban J connectivity index is 3.09. The summed E-state index contributed by atoms with van der Waals surface area (Å²) in [6.45, 7) is 3.64. The molecule has 0 amide bonds. The molecule has 0 aliphatic rings. The smallest absolute Gasteiger partial charge is 0.165 e. The first-order valence-corrected chi connectivity index (χ1v) is 4.47. The van der Waals surface area contributed by atoms with Crippen molar-refractivity contribution < 1.29 is 14.6 Å². The molecule has 1 aromatic rings. The predicted molar refractivity (Wildman–Crippen MR) is 53.8 cm³/mol. The van der Waals surface area contributed by atoms with E-state index in [2.05, 4.69) is 0 Å². The van der Waals surface area contributed by atoms with Gasteiger partial charge in [-0.1, -0.05) is 13.8 Å². The zero-order valence-corrected chi connectivity index (χ0v) is 8.57. The van der Waals surface area contributed by atoms with Crippen LogP contribution in [-0.4, -0.2) is 18.0 Å². The molecule has 0 bridgehead atoms. The van der Waals surface area contributed by atoms with Crippen molar-refractivity contribution in [3.63, 3.8) is 0 Å². The summed E-state index contributed by atoms with van der Waals surface area (Å²) < 4.78 is 4.95. The Kier molecular flexibility index (Phi) is 3.12. The summed E-state index contributed by atoms with van der Waals surface area (Å²) in [5.74, 6) is 0.461. The molecular weight excluding hydrogens is 180 g/mol. The summed E-state index contributed by atoms with van der Waals surface area (Å²) in [4.78, 5) is 11.6. The van der Waals surface area contributed by atoms with Crippen molar-refractivity contribution in [3.05, 3.63) is 23.8 Å². The van der Waals surface area contributed by atoms with Gasteiger partial charge < -0.3 is 9.84 Å². The molecule has 0 saturated carbocycles. The zero-order chi connectivity index (χ0) is 10.7. The van der Waals surface area contributed by atoms with E-state index >= 15 is 0 Å². The van der Waals surface area contributed by atoms with E-state index in [1.807, 2.05) is 13.8 Å². The van der Waals surface area contributed by atoms with E-state index in [1.54, 1.807) is 6.07 Å². The lowest BCUT2D eigenvalue weighted by atomic mass is 10.0. The molecule has 1 aromatic carbocycles. The molecule has 3 heteroatoms. The zero-order valence-electron chi connectivity index (χ0n) is 8.57. The molecular formula is C11H14O3. The van der Waals surface area contributed by atoms with Gasteiger partial charge in [0.1, 0.15) is 11.5 Å². The van der Waals surface area contributed by atoms with Crippen molar-refractivity contribution in [2.24, 2.45) is 5.92 Å². The van der Waals surface area contributed by atoms with Crippen LogP contribution in [0.5, 0.6) is 11.5 Å². The van der Waals surface area contributed by atoms with Crippen molar-refractivity contribution in [2.75, 3.05) is 7.11 Å². The molecule has 0 spiro atoms. The lowest BCUT2D eigenvalue weighted by Gasteiger charge is -2.07. The Hall–Kier alpha value is -1.51. The first-order valence-electron chi connectivity index (χ1n) is 4.47. The molecule has 0 aliphatic carbocycles. The SMILES string of the molecule is COc1cc(O)cc(C(=O)C(C)C)c1. The van der Waals surface area contributed by atoms with Crippen LogP contribution in [0, 0.1) is 5.92 Å².